The summed E-state index contributed by atoms with van der Waals surface area (Å²) in [6, 6.07) is 29.7. The van der Waals surface area contributed by atoms with Crippen LogP contribution in [0, 0.1) is 5.41 Å². The van der Waals surface area contributed by atoms with Crippen LogP contribution in [0.25, 0.3) is 0 Å². The molecule has 2 nitrogen and oxygen atoms in total. The van der Waals surface area contributed by atoms with E-state index in [1.54, 1.807) is 0 Å². The molecule has 1 unspecified atom stereocenters. The monoisotopic (exact) mass is 363 g/mol. The molecular formula is C23H26NOP. The largest absolute Gasteiger partial charge is 0.297 e. The molecule has 0 radical (unpaired) electrons. The molecule has 3 rings (SSSR count). The first-order chi connectivity index (χ1) is 12.4. The fourth-order valence-corrected chi connectivity index (χ4v) is 5.85. The second-order valence-corrected chi connectivity index (χ2v) is 10.1. The molecule has 1 N–H and O–H groups in total. The van der Waals surface area contributed by atoms with Crippen molar-refractivity contribution >= 4 is 17.9 Å². The summed E-state index contributed by atoms with van der Waals surface area (Å²) in [5.74, 6) is 0. The van der Waals surface area contributed by atoms with Crippen LogP contribution in [0.3, 0.4) is 0 Å². The average Bonchev–Trinajstić information content (AvgIpc) is 2.67. The molecule has 0 aromatic heterocycles. The third kappa shape index (κ3) is 3.98. The Morgan fingerprint density at radius 3 is 1.46 bits per heavy atom. The van der Waals surface area contributed by atoms with Gasteiger partial charge >= 0.3 is 0 Å². The smallest absolute Gasteiger partial charge is 0.205 e. The van der Waals surface area contributed by atoms with E-state index in [1.165, 1.54) is 0 Å². The Morgan fingerprint density at radius 1 is 0.692 bits per heavy atom. The van der Waals surface area contributed by atoms with E-state index >= 15 is 0 Å². The van der Waals surface area contributed by atoms with Crippen LogP contribution in [0.2, 0.25) is 0 Å². The third-order valence-corrected chi connectivity index (χ3v) is 7.22. The predicted molar refractivity (Wildman–Crippen MR) is 112 cm³/mol. The van der Waals surface area contributed by atoms with Crippen molar-refractivity contribution in [3.63, 3.8) is 0 Å². The Morgan fingerprint density at radius 2 is 1.08 bits per heavy atom. The molecule has 0 bridgehead atoms. The van der Waals surface area contributed by atoms with Gasteiger partial charge in [0, 0.05) is 16.7 Å². The summed E-state index contributed by atoms with van der Waals surface area (Å²) in [6.45, 7) is 6.54. The normalized spacial score (nSPS) is 13.3. The molecule has 0 aliphatic heterocycles. The maximum atomic E-state index is 14.3. The lowest BCUT2D eigenvalue weighted by atomic mass is 9.83. The zero-order valence-electron chi connectivity index (χ0n) is 15.6. The maximum absolute atomic E-state index is 14.3. The lowest BCUT2D eigenvalue weighted by Crippen LogP contribution is -2.36. The first kappa shape index (κ1) is 18.6. The van der Waals surface area contributed by atoms with E-state index in [-0.39, 0.29) is 11.5 Å². The van der Waals surface area contributed by atoms with Gasteiger partial charge in [-0.25, -0.2) is 0 Å². The van der Waals surface area contributed by atoms with E-state index in [4.69, 9.17) is 0 Å². The Hall–Kier alpha value is -2.15. The predicted octanol–water partition coefficient (Wildman–Crippen LogP) is 5.29. The zero-order valence-corrected chi connectivity index (χ0v) is 16.5. The molecule has 3 aromatic rings. The molecule has 0 saturated heterocycles. The van der Waals surface area contributed by atoms with Crippen molar-refractivity contribution in [3.05, 3.63) is 96.6 Å². The molecule has 134 valence electrons. The van der Waals surface area contributed by atoms with Gasteiger partial charge in [-0.05, 0) is 35.2 Å². The highest BCUT2D eigenvalue weighted by Crippen LogP contribution is 2.46. The van der Waals surface area contributed by atoms with E-state index in [0.29, 0.717) is 0 Å². The van der Waals surface area contributed by atoms with Gasteiger partial charge in [-0.3, -0.25) is 9.65 Å². The van der Waals surface area contributed by atoms with Gasteiger partial charge < -0.3 is 0 Å². The van der Waals surface area contributed by atoms with Crippen molar-refractivity contribution in [3.8, 4) is 0 Å². The quantitative estimate of drug-likeness (QED) is 0.624. The van der Waals surface area contributed by atoms with Crippen LogP contribution < -0.4 is 15.7 Å². The average molecular weight is 363 g/mol. The van der Waals surface area contributed by atoms with Crippen LogP contribution in [0.15, 0.2) is 91.0 Å². The van der Waals surface area contributed by atoms with Crippen molar-refractivity contribution in [2.75, 3.05) is 0 Å². The maximum Gasteiger partial charge on any atom is 0.205 e. The molecule has 26 heavy (non-hydrogen) atoms. The van der Waals surface area contributed by atoms with Crippen LogP contribution in [0.5, 0.6) is 0 Å². The minimum Gasteiger partial charge on any atom is -0.297 e. The second kappa shape index (κ2) is 7.61. The van der Waals surface area contributed by atoms with E-state index in [1.807, 2.05) is 78.9 Å². The number of nitrogens with one attached hydrogen (secondary N) is 1. The van der Waals surface area contributed by atoms with E-state index in [0.717, 1.165) is 16.2 Å². The van der Waals surface area contributed by atoms with Crippen LogP contribution >= 0.6 is 7.29 Å². The number of rotatable bonds is 5. The lowest BCUT2D eigenvalue weighted by molar-refractivity contribution is 0.305. The highest BCUT2D eigenvalue weighted by atomic mass is 31.2. The first-order valence-electron chi connectivity index (χ1n) is 8.95. The van der Waals surface area contributed by atoms with E-state index in [9.17, 15) is 4.57 Å². The van der Waals surface area contributed by atoms with Gasteiger partial charge in [-0.2, -0.15) is 0 Å². The summed E-state index contributed by atoms with van der Waals surface area (Å²) < 4.78 is 14.3. The fourth-order valence-electron chi connectivity index (χ4n) is 3.17. The van der Waals surface area contributed by atoms with Gasteiger partial charge in [0.05, 0.1) is 0 Å². The molecule has 0 fully saturated rings. The highest BCUT2D eigenvalue weighted by Gasteiger charge is 2.35. The van der Waals surface area contributed by atoms with Gasteiger partial charge in [-0.1, -0.05) is 87.5 Å². The number of hydrogen-bond donors (Lipinski definition) is 1. The molecule has 0 saturated carbocycles. The Labute approximate surface area is 156 Å². The second-order valence-electron chi connectivity index (χ2n) is 7.62. The highest BCUT2D eigenvalue weighted by molar-refractivity contribution is 7.76. The Kier molecular flexibility index (Phi) is 5.46. The standard InChI is InChI=1S/C23H26NOP/c1-23(2,3)22(19-13-7-4-8-14-19)24-26(25,20-15-9-5-10-16-20)21-17-11-6-12-18-21/h4-18,22H,1-3H3,(H,24,25). The zero-order chi connectivity index (χ0) is 18.6. The summed E-state index contributed by atoms with van der Waals surface area (Å²) in [5, 5.41) is 5.23. The molecule has 1 atom stereocenters. The molecule has 0 amide bonds. The Bertz CT molecular complexity index is 827. The molecule has 3 heteroatoms. The van der Waals surface area contributed by atoms with E-state index < -0.39 is 7.29 Å². The van der Waals surface area contributed by atoms with Gasteiger partial charge in [0.25, 0.3) is 0 Å². The Balaban J connectivity index is 2.12. The summed E-state index contributed by atoms with van der Waals surface area (Å²) >= 11 is 0. The number of hydrogen-bond acceptors (Lipinski definition) is 1. The van der Waals surface area contributed by atoms with Crippen LogP contribution in [0.1, 0.15) is 32.4 Å². The van der Waals surface area contributed by atoms with Crippen molar-refractivity contribution in [1.29, 1.82) is 0 Å². The molecular weight excluding hydrogens is 337 g/mol. The fraction of sp³-hybridized carbons (Fsp3) is 0.217. The minimum atomic E-state index is -2.99. The van der Waals surface area contributed by atoms with Crippen molar-refractivity contribution < 1.29 is 4.57 Å². The van der Waals surface area contributed by atoms with Crippen molar-refractivity contribution in [1.82, 2.24) is 5.09 Å². The van der Waals surface area contributed by atoms with Crippen molar-refractivity contribution in [2.24, 2.45) is 5.41 Å². The topological polar surface area (TPSA) is 29.1 Å². The van der Waals surface area contributed by atoms with Gasteiger partial charge in [0.2, 0.25) is 7.29 Å². The van der Waals surface area contributed by atoms with Crippen LogP contribution in [-0.4, -0.2) is 0 Å². The molecule has 0 aliphatic rings. The summed E-state index contributed by atoms with van der Waals surface area (Å²) in [7, 11) is -2.99. The van der Waals surface area contributed by atoms with Crippen LogP contribution in [0.4, 0.5) is 0 Å². The first-order valence-corrected chi connectivity index (χ1v) is 10.7. The summed E-state index contributed by atoms with van der Waals surface area (Å²) in [6.07, 6.45) is 0. The van der Waals surface area contributed by atoms with E-state index in [2.05, 4.69) is 38.0 Å². The minimum absolute atomic E-state index is 0.0463. The van der Waals surface area contributed by atoms with Crippen molar-refractivity contribution in [2.45, 2.75) is 26.8 Å². The van der Waals surface area contributed by atoms with Gasteiger partial charge in [0.15, 0.2) is 0 Å². The molecule has 0 aliphatic carbocycles. The third-order valence-electron chi connectivity index (χ3n) is 4.55. The molecule has 0 heterocycles. The number of benzene rings is 3. The van der Waals surface area contributed by atoms with Gasteiger partial charge in [0.1, 0.15) is 0 Å². The van der Waals surface area contributed by atoms with Crippen LogP contribution in [-0.2, 0) is 4.57 Å². The summed E-state index contributed by atoms with van der Waals surface area (Å²) in [5.41, 5.74) is 1.05. The lowest BCUT2D eigenvalue weighted by Gasteiger charge is -2.35. The SMILES string of the molecule is CC(C)(C)C(NP(=O)(c1ccccc1)c1ccccc1)c1ccccc1. The van der Waals surface area contributed by atoms with Gasteiger partial charge in [-0.15, -0.1) is 0 Å². The molecule has 3 aromatic carbocycles. The summed E-state index contributed by atoms with van der Waals surface area (Å²) in [4.78, 5) is 0. The molecule has 0 spiro atoms.